The zero-order valence-corrected chi connectivity index (χ0v) is 10.4. The van der Waals surface area contributed by atoms with Gasteiger partial charge in [0.25, 0.3) is 0 Å². The molecule has 1 aromatic rings. The molecule has 81 valence electrons. The molecule has 0 saturated carbocycles. The van der Waals surface area contributed by atoms with Crippen LogP contribution in [0.4, 0.5) is 0 Å². The minimum atomic E-state index is -0.494. The zero-order valence-electron chi connectivity index (χ0n) is 9.41. The lowest BCUT2D eigenvalue weighted by Crippen LogP contribution is -2.24. The van der Waals surface area contributed by atoms with Gasteiger partial charge in [0.2, 0.25) is 9.04 Å². The van der Waals surface area contributed by atoms with Crippen LogP contribution in [0, 0.1) is 0 Å². The summed E-state index contributed by atoms with van der Waals surface area (Å²) in [5, 5.41) is 0. The third-order valence-corrected chi connectivity index (χ3v) is 5.65. The fourth-order valence-corrected chi connectivity index (χ4v) is 4.58. The summed E-state index contributed by atoms with van der Waals surface area (Å²) in [6.07, 6.45) is 2.66. The molecule has 1 aromatic carbocycles. The third kappa shape index (κ3) is 3.18. The molecule has 1 fully saturated rings. The van der Waals surface area contributed by atoms with Gasteiger partial charge in [-0.05, 0) is 30.0 Å². The van der Waals surface area contributed by atoms with Crippen LogP contribution >= 0.6 is 0 Å². The Morgan fingerprint density at radius 1 is 1.27 bits per heavy atom. The average molecular weight is 219 g/mol. The lowest BCUT2D eigenvalue weighted by atomic mass is 10.0. The molecule has 2 heteroatoms. The van der Waals surface area contributed by atoms with E-state index in [-0.39, 0.29) is 0 Å². The van der Waals surface area contributed by atoms with Gasteiger partial charge in [0.05, 0.1) is 0 Å². The van der Waals surface area contributed by atoms with Gasteiger partial charge in [-0.2, -0.15) is 0 Å². The molecule has 0 aromatic heterocycles. The highest BCUT2D eigenvalue weighted by Gasteiger charge is 2.20. The molecular weight excluding hydrogens is 200 g/mol. The van der Waals surface area contributed by atoms with Gasteiger partial charge in [-0.1, -0.05) is 43.7 Å². The molecule has 2 rings (SSSR count). The van der Waals surface area contributed by atoms with Gasteiger partial charge in [-0.3, -0.25) is 0 Å². The minimum absolute atomic E-state index is 0.494. The number of hydrogen-bond acceptors (Lipinski definition) is 1. The Kier molecular flexibility index (Phi) is 3.98. The molecule has 1 radical (unpaired) electrons. The normalized spacial score (nSPS) is 20.1. The molecule has 0 aliphatic carbocycles. The second kappa shape index (κ2) is 5.47. The summed E-state index contributed by atoms with van der Waals surface area (Å²) in [4.78, 5) is 0. The lowest BCUT2D eigenvalue weighted by molar-refractivity contribution is 0.285. The molecule has 1 aliphatic rings. The van der Waals surface area contributed by atoms with Crippen LogP contribution in [0.5, 0.6) is 0 Å². The Labute approximate surface area is 94.2 Å². The predicted octanol–water partition coefficient (Wildman–Crippen LogP) is 3.59. The van der Waals surface area contributed by atoms with Crippen LogP contribution in [0.2, 0.25) is 12.1 Å². The first-order chi connectivity index (χ1) is 7.36. The summed E-state index contributed by atoms with van der Waals surface area (Å²) in [6.45, 7) is 3.33. The number of benzene rings is 1. The van der Waals surface area contributed by atoms with Crippen molar-refractivity contribution in [1.29, 1.82) is 0 Å². The van der Waals surface area contributed by atoms with Crippen molar-refractivity contribution in [2.24, 2.45) is 0 Å². The van der Waals surface area contributed by atoms with E-state index in [4.69, 9.17) is 4.43 Å². The molecule has 0 N–H and O–H groups in total. The maximum Gasteiger partial charge on any atom is 0.211 e. The molecule has 15 heavy (non-hydrogen) atoms. The first-order valence-corrected chi connectivity index (χ1v) is 7.71. The molecule has 0 spiro atoms. The first kappa shape index (κ1) is 10.9. The lowest BCUT2D eigenvalue weighted by Gasteiger charge is -2.23. The maximum absolute atomic E-state index is 5.87. The van der Waals surface area contributed by atoms with Gasteiger partial charge in [-0.25, -0.2) is 0 Å². The summed E-state index contributed by atoms with van der Waals surface area (Å²) >= 11 is 0. The van der Waals surface area contributed by atoms with Gasteiger partial charge in [0, 0.05) is 6.61 Å². The van der Waals surface area contributed by atoms with E-state index >= 15 is 0 Å². The fourth-order valence-electron chi connectivity index (χ4n) is 2.11. The molecule has 1 unspecified atom stereocenters. The van der Waals surface area contributed by atoms with Crippen LogP contribution in [0.1, 0.15) is 31.2 Å². The third-order valence-electron chi connectivity index (χ3n) is 3.06. The standard InChI is InChI=1S/C13H19OSi/c1-12(13-7-3-2-4-8-13)11-15-10-6-5-9-14-15/h2-4,7-8,12H,5-6,9-11H2,1H3. The van der Waals surface area contributed by atoms with Crippen LogP contribution in [-0.2, 0) is 4.43 Å². The van der Waals surface area contributed by atoms with E-state index in [1.54, 1.807) is 0 Å². The fraction of sp³-hybridized carbons (Fsp3) is 0.538. The molecule has 1 saturated heterocycles. The van der Waals surface area contributed by atoms with Crippen molar-refractivity contribution in [3.63, 3.8) is 0 Å². The van der Waals surface area contributed by atoms with Crippen molar-refractivity contribution in [3.05, 3.63) is 35.9 Å². The van der Waals surface area contributed by atoms with Gasteiger partial charge in [-0.15, -0.1) is 0 Å². The van der Waals surface area contributed by atoms with E-state index in [2.05, 4.69) is 37.3 Å². The number of hydrogen-bond donors (Lipinski definition) is 0. The summed E-state index contributed by atoms with van der Waals surface area (Å²) in [5.41, 5.74) is 1.46. The van der Waals surface area contributed by atoms with Gasteiger partial charge in [0.15, 0.2) is 0 Å². The quantitative estimate of drug-likeness (QED) is 0.706. The van der Waals surface area contributed by atoms with Crippen LogP contribution in [0.3, 0.4) is 0 Å². The zero-order chi connectivity index (χ0) is 10.5. The molecule has 1 nitrogen and oxygen atoms in total. The van der Waals surface area contributed by atoms with E-state index in [1.165, 1.54) is 30.5 Å². The van der Waals surface area contributed by atoms with Gasteiger partial charge >= 0.3 is 0 Å². The monoisotopic (exact) mass is 219 g/mol. The summed E-state index contributed by atoms with van der Waals surface area (Å²) in [5.74, 6) is 0.665. The second-order valence-electron chi connectivity index (χ2n) is 4.36. The molecule has 1 aliphatic heterocycles. The highest BCUT2D eigenvalue weighted by molar-refractivity contribution is 6.52. The van der Waals surface area contributed by atoms with Crippen molar-refractivity contribution < 1.29 is 4.43 Å². The number of rotatable bonds is 3. The van der Waals surface area contributed by atoms with E-state index in [0.29, 0.717) is 5.92 Å². The Balaban J connectivity index is 1.88. The van der Waals surface area contributed by atoms with Crippen LogP contribution in [0.15, 0.2) is 30.3 Å². The average Bonchev–Trinajstić information content (AvgIpc) is 2.31. The molecule has 0 amide bonds. The van der Waals surface area contributed by atoms with Gasteiger partial charge < -0.3 is 4.43 Å². The molecule has 1 heterocycles. The Hall–Kier alpha value is -0.603. The maximum atomic E-state index is 5.87. The SMILES string of the molecule is CC(C[Si]1CCCCO1)c1ccccc1. The molecule has 0 bridgehead atoms. The first-order valence-electron chi connectivity index (χ1n) is 5.88. The van der Waals surface area contributed by atoms with Crippen LogP contribution < -0.4 is 0 Å². The topological polar surface area (TPSA) is 9.23 Å². The van der Waals surface area contributed by atoms with Crippen LogP contribution in [0.25, 0.3) is 0 Å². The highest BCUT2D eigenvalue weighted by Crippen LogP contribution is 2.25. The van der Waals surface area contributed by atoms with Crippen molar-refractivity contribution >= 4 is 9.04 Å². The van der Waals surface area contributed by atoms with E-state index in [0.717, 1.165) is 6.61 Å². The Bertz CT molecular complexity index is 280. The van der Waals surface area contributed by atoms with Crippen molar-refractivity contribution in [2.45, 2.75) is 37.8 Å². The van der Waals surface area contributed by atoms with E-state index in [9.17, 15) is 0 Å². The molecule has 1 atom stereocenters. The van der Waals surface area contributed by atoms with Crippen LogP contribution in [-0.4, -0.2) is 15.6 Å². The largest absolute Gasteiger partial charge is 0.417 e. The van der Waals surface area contributed by atoms with Crippen molar-refractivity contribution in [3.8, 4) is 0 Å². The summed E-state index contributed by atoms with van der Waals surface area (Å²) < 4.78 is 5.87. The predicted molar refractivity (Wildman–Crippen MR) is 65.4 cm³/mol. The van der Waals surface area contributed by atoms with Gasteiger partial charge in [0.1, 0.15) is 0 Å². The smallest absolute Gasteiger partial charge is 0.211 e. The second-order valence-corrected chi connectivity index (χ2v) is 6.63. The summed E-state index contributed by atoms with van der Waals surface area (Å²) in [6, 6.07) is 13.4. The van der Waals surface area contributed by atoms with E-state index < -0.39 is 9.04 Å². The minimum Gasteiger partial charge on any atom is -0.417 e. The van der Waals surface area contributed by atoms with Crippen molar-refractivity contribution in [2.75, 3.05) is 6.61 Å². The Morgan fingerprint density at radius 3 is 2.73 bits per heavy atom. The Morgan fingerprint density at radius 2 is 2.07 bits per heavy atom. The highest BCUT2D eigenvalue weighted by atomic mass is 28.3. The van der Waals surface area contributed by atoms with E-state index in [1.807, 2.05) is 0 Å². The molecular formula is C13H19OSi. The summed E-state index contributed by atoms with van der Waals surface area (Å²) in [7, 11) is -0.494. The van der Waals surface area contributed by atoms with Crippen molar-refractivity contribution in [1.82, 2.24) is 0 Å².